The molecule has 2 N–H and O–H groups in total. The van der Waals surface area contributed by atoms with Crippen LogP contribution >= 0.6 is 11.6 Å². The van der Waals surface area contributed by atoms with Gasteiger partial charge in [-0.3, -0.25) is 4.90 Å². The maximum Gasteiger partial charge on any atom is 0.337 e. The summed E-state index contributed by atoms with van der Waals surface area (Å²) < 4.78 is 0. The molecule has 5 nitrogen and oxygen atoms in total. The number of likely N-dealkylation sites (tertiary alicyclic amines) is 1. The minimum atomic E-state index is -1.04. The Labute approximate surface area is 117 Å². The van der Waals surface area contributed by atoms with Crippen LogP contribution in [0.4, 0.5) is 5.82 Å². The van der Waals surface area contributed by atoms with Gasteiger partial charge in [-0.25, -0.2) is 9.78 Å². The molecule has 0 bridgehead atoms. The van der Waals surface area contributed by atoms with Crippen LogP contribution in [0.2, 0.25) is 5.02 Å². The second kappa shape index (κ2) is 6.21. The molecule has 0 radical (unpaired) electrons. The van der Waals surface area contributed by atoms with Crippen molar-refractivity contribution in [1.29, 1.82) is 0 Å². The SMILES string of the molecule is CCN1CCCC1CNc1cc(C(=O)O)c(Cl)cn1. The van der Waals surface area contributed by atoms with Gasteiger partial charge in [0.15, 0.2) is 0 Å². The van der Waals surface area contributed by atoms with Crippen molar-refractivity contribution in [1.82, 2.24) is 9.88 Å². The lowest BCUT2D eigenvalue weighted by atomic mass is 10.2. The molecule has 0 spiro atoms. The number of carboxylic acid groups (broad SMARTS) is 1. The fraction of sp³-hybridized carbons (Fsp3) is 0.538. The fourth-order valence-corrected chi connectivity index (χ4v) is 2.65. The van der Waals surface area contributed by atoms with Crippen LogP contribution in [0.25, 0.3) is 0 Å². The van der Waals surface area contributed by atoms with Crippen molar-refractivity contribution >= 4 is 23.4 Å². The molecule has 0 aromatic carbocycles. The van der Waals surface area contributed by atoms with Gasteiger partial charge >= 0.3 is 5.97 Å². The number of aromatic carboxylic acids is 1. The van der Waals surface area contributed by atoms with E-state index < -0.39 is 5.97 Å². The van der Waals surface area contributed by atoms with E-state index in [0.717, 1.165) is 19.6 Å². The third-order valence-corrected chi connectivity index (χ3v) is 3.81. The van der Waals surface area contributed by atoms with Crippen molar-refractivity contribution < 1.29 is 9.90 Å². The van der Waals surface area contributed by atoms with Crippen LogP contribution in [0.15, 0.2) is 12.3 Å². The standard InChI is InChI=1S/C13H18ClN3O2/c1-2-17-5-3-4-9(17)7-15-12-6-10(13(18)19)11(14)8-16-12/h6,8-9H,2-5,7H2,1H3,(H,15,16)(H,18,19). The molecule has 6 heteroatoms. The Bertz CT molecular complexity index is 467. The van der Waals surface area contributed by atoms with E-state index in [2.05, 4.69) is 22.1 Å². The number of aromatic nitrogens is 1. The quantitative estimate of drug-likeness (QED) is 0.868. The van der Waals surface area contributed by atoms with Crippen LogP contribution in [0.1, 0.15) is 30.1 Å². The Morgan fingerprint density at radius 2 is 2.47 bits per heavy atom. The normalized spacial score (nSPS) is 19.6. The predicted octanol–water partition coefficient (Wildman–Crippen LogP) is 2.33. The smallest absolute Gasteiger partial charge is 0.337 e. The van der Waals surface area contributed by atoms with Crippen LogP contribution in [0, 0.1) is 0 Å². The molecule has 2 rings (SSSR count). The average Bonchev–Trinajstić information content (AvgIpc) is 2.84. The van der Waals surface area contributed by atoms with Crippen molar-refractivity contribution in [2.24, 2.45) is 0 Å². The molecular weight excluding hydrogens is 266 g/mol. The Morgan fingerprint density at radius 1 is 1.68 bits per heavy atom. The first-order chi connectivity index (χ1) is 9.11. The number of rotatable bonds is 5. The summed E-state index contributed by atoms with van der Waals surface area (Å²) in [6.07, 6.45) is 3.76. The number of hydrogen-bond donors (Lipinski definition) is 2. The molecule has 0 aliphatic carbocycles. The van der Waals surface area contributed by atoms with E-state index in [1.807, 2.05) is 0 Å². The van der Waals surface area contributed by atoms with E-state index in [4.69, 9.17) is 16.7 Å². The Hall–Kier alpha value is -1.33. The van der Waals surface area contributed by atoms with Gasteiger partial charge in [0.05, 0.1) is 10.6 Å². The highest BCUT2D eigenvalue weighted by molar-refractivity contribution is 6.33. The number of hydrogen-bond acceptors (Lipinski definition) is 4. The maximum absolute atomic E-state index is 11.0. The third-order valence-electron chi connectivity index (χ3n) is 3.51. The largest absolute Gasteiger partial charge is 0.478 e. The van der Waals surface area contributed by atoms with Gasteiger partial charge in [-0.05, 0) is 32.0 Å². The van der Waals surface area contributed by atoms with Crippen molar-refractivity contribution in [2.45, 2.75) is 25.8 Å². The average molecular weight is 284 g/mol. The molecule has 1 aliphatic heterocycles. The van der Waals surface area contributed by atoms with E-state index in [-0.39, 0.29) is 10.6 Å². The third kappa shape index (κ3) is 3.36. The summed E-state index contributed by atoms with van der Waals surface area (Å²) in [4.78, 5) is 17.5. The molecule has 1 aromatic heterocycles. The molecule has 1 unspecified atom stereocenters. The number of anilines is 1. The summed E-state index contributed by atoms with van der Waals surface area (Å²) >= 11 is 5.78. The summed E-state index contributed by atoms with van der Waals surface area (Å²) in [5, 5.41) is 12.4. The number of nitrogens with zero attached hydrogens (tertiary/aromatic N) is 2. The zero-order chi connectivity index (χ0) is 13.8. The molecule has 19 heavy (non-hydrogen) atoms. The first-order valence-electron chi connectivity index (χ1n) is 6.48. The van der Waals surface area contributed by atoms with E-state index in [1.54, 1.807) is 0 Å². The Balaban J connectivity index is 2.00. The molecule has 0 saturated carbocycles. The lowest BCUT2D eigenvalue weighted by Gasteiger charge is -2.23. The maximum atomic E-state index is 11.0. The number of nitrogens with one attached hydrogen (secondary N) is 1. The van der Waals surface area contributed by atoms with Crippen LogP contribution in [-0.4, -0.2) is 46.6 Å². The van der Waals surface area contributed by atoms with Crippen LogP contribution in [0.5, 0.6) is 0 Å². The predicted molar refractivity (Wildman–Crippen MR) is 75.0 cm³/mol. The number of halogens is 1. The first kappa shape index (κ1) is 14.1. The summed E-state index contributed by atoms with van der Waals surface area (Å²) in [5.74, 6) is -0.476. The van der Waals surface area contributed by atoms with E-state index >= 15 is 0 Å². The number of carbonyl (C=O) groups is 1. The van der Waals surface area contributed by atoms with Gasteiger partial charge in [0.1, 0.15) is 5.82 Å². The van der Waals surface area contributed by atoms with Crippen molar-refractivity contribution in [3.05, 3.63) is 22.8 Å². The second-order valence-corrected chi connectivity index (χ2v) is 5.07. The fourth-order valence-electron chi connectivity index (χ4n) is 2.46. The van der Waals surface area contributed by atoms with Crippen molar-refractivity contribution in [3.8, 4) is 0 Å². The van der Waals surface area contributed by atoms with Gasteiger partial charge in [-0.2, -0.15) is 0 Å². The van der Waals surface area contributed by atoms with Crippen LogP contribution in [-0.2, 0) is 0 Å². The topological polar surface area (TPSA) is 65.5 Å². The van der Waals surface area contributed by atoms with Gasteiger partial charge in [0, 0.05) is 18.8 Å². The Morgan fingerprint density at radius 3 is 3.16 bits per heavy atom. The van der Waals surface area contributed by atoms with Gasteiger partial charge in [0.2, 0.25) is 0 Å². The van der Waals surface area contributed by atoms with E-state index in [9.17, 15) is 4.79 Å². The minimum Gasteiger partial charge on any atom is -0.478 e. The lowest BCUT2D eigenvalue weighted by Crippen LogP contribution is -2.34. The molecule has 2 heterocycles. The summed E-state index contributed by atoms with van der Waals surface area (Å²) in [6, 6.07) is 1.98. The number of pyridine rings is 1. The summed E-state index contributed by atoms with van der Waals surface area (Å²) in [7, 11) is 0. The van der Waals surface area contributed by atoms with Gasteiger partial charge in [-0.1, -0.05) is 18.5 Å². The van der Waals surface area contributed by atoms with Gasteiger partial charge in [0.25, 0.3) is 0 Å². The molecule has 104 valence electrons. The van der Waals surface area contributed by atoms with Crippen LogP contribution < -0.4 is 5.32 Å². The van der Waals surface area contributed by atoms with E-state index in [0.29, 0.717) is 11.9 Å². The molecule has 1 saturated heterocycles. The minimum absolute atomic E-state index is 0.0814. The molecule has 0 amide bonds. The molecule has 1 fully saturated rings. The van der Waals surface area contributed by atoms with Crippen molar-refractivity contribution in [3.63, 3.8) is 0 Å². The zero-order valence-corrected chi connectivity index (χ0v) is 11.7. The highest BCUT2D eigenvalue weighted by atomic mass is 35.5. The number of likely N-dealkylation sites (N-methyl/N-ethyl adjacent to an activating group) is 1. The van der Waals surface area contributed by atoms with E-state index in [1.165, 1.54) is 25.1 Å². The van der Waals surface area contributed by atoms with Gasteiger partial charge < -0.3 is 10.4 Å². The van der Waals surface area contributed by atoms with Crippen LogP contribution in [0.3, 0.4) is 0 Å². The second-order valence-electron chi connectivity index (χ2n) is 4.66. The summed E-state index contributed by atoms with van der Waals surface area (Å²) in [6.45, 7) is 5.11. The molecule has 1 aliphatic rings. The highest BCUT2D eigenvalue weighted by Gasteiger charge is 2.22. The lowest BCUT2D eigenvalue weighted by molar-refractivity contribution is 0.0697. The first-order valence-corrected chi connectivity index (χ1v) is 6.86. The zero-order valence-electron chi connectivity index (χ0n) is 10.9. The molecule has 1 atom stereocenters. The number of carboxylic acids is 1. The molecule has 1 aromatic rings. The van der Waals surface area contributed by atoms with Gasteiger partial charge in [-0.15, -0.1) is 0 Å². The highest BCUT2D eigenvalue weighted by Crippen LogP contribution is 2.20. The Kier molecular flexibility index (Phi) is 4.61. The summed E-state index contributed by atoms with van der Waals surface area (Å²) in [5.41, 5.74) is 0.0814. The monoisotopic (exact) mass is 283 g/mol. The van der Waals surface area contributed by atoms with Crippen molar-refractivity contribution in [2.75, 3.05) is 25.0 Å². The molecular formula is C13H18ClN3O2.